The second kappa shape index (κ2) is 11.8. The van der Waals surface area contributed by atoms with Crippen LogP contribution in [0.5, 0.6) is 5.75 Å². The molecule has 2 aromatic carbocycles. The zero-order valence-corrected chi connectivity index (χ0v) is 20.1. The number of hydrogen-bond acceptors (Lipinski definition) is 6. The van der Waals surface area contributed by atoms with Crippen LogP contribution in [-0.2, 0) is 17.5 Å². The molecule has 1 unspecified atom stereocenters. The summed E-state index contributed by atoms with van der Waals surface area (Å²) >= 11 is 0. The second-order valence-corrected chi connectivity index (χ2v) is 8.61. The van der Waals surface area contributed by atoms with Crippen molar-refractivity contribution in [2.24, 2.45) is 0 Å². The van der Waals surface area contributed by atoms with Gasteiger partial charge in [0.15, 0.2) is 0 Å². The molecule has 37 heavy (non-hydrogen) atoms. The SMILES string of the molecule is CCNC(=O)Nc1cc(CN2CCC(NC(=O)CNC(=O)c3cc(C(F)(F)F)ccc3N)C2)ccc1O. The minimum atomic E-state index is -4.63. The van der Waals surface area contributed by atoms with Crippen LogP contribution in [0, 0.1) is 0 Å². The number of halogens is 3. The lowest BCUT2D eigenvalue weighted by Crippen LogP contribution is -2.43. The number of benzene rings is 2. The van der Waals surface area contributed by atoms with Crippen LogP contribution < -0.4 is 27.0 Å². The van der Waals surface area contributed by atoms with Crippen LogP contribution in [0.2, 0.25) is 0 Å². The van der Waals surface area contributed by atoms with E-state index in [2.05, 4.69) is 26.2 Å². The molecule has 10 nitrogen and oxygen atoms in total. The summed E-state index contributed by atoms with van der Waals surface area (Å²) in [5.74, 6) is -1.42. The average molecular weight is 523 g/mol. The van der Waals surface area contributed by atoms with Crippen LogP contribution in [-0.4, -0.2) is 60.1 Å². The molecule has 0 spiro atoms. The van der Waals surface area contributed by atoms with Crippen LogP contribution in [0.3, 0.4) is 0 Å². The maximum absolute atomic E-state index is 12.9. The number of amides is 4. The predicted molar refractivity (Wildman–Crippen MR) is 131 cm³/mol. The predicted octanol–water partition coefficient (Wildman–Crippen LogP) is 2.26. The number of nitrogens with zero attached hydrogens (tertiary/aromatic N) is 1. The summed E-state index contributed by atoms with van der Waals surface area (Å²) in [5.41, 5.74) is 5.27. The Morgan fingerprint density at radius 3 is 2.59 bits per heavy atom. The smallest absolute Gasteiger partial charge is 0.416 e. The summed E-state index contributed by atoms with van der Waals surface area (Å²) in [6.07, 6.45) is -3.97. The molecule has 0 bridgehead atoms. The number of nitrogens with two attached hydrogens (primary N) is 1. The molecular formula is C24H29F3N6O4. The molecule has 1 saturated heterocycles. The van der Waals surface area contributed by atoms with Gasteiger partial charge in [0.2, 0.25) is 5.91 Å². The van der Waals surface area contributed by atoms with Crippen molar-refractivity contribution in [3.8, 4) is 5.75 Å². The number of urea groups is 1. The first-order chi connectivity index (χ1) is 17.5. The highest BCUT2D eigenvalue weighted by molar-refractivity contribution is 6.00. The molecule has 13 heteroatoms. The summed E-state index contributed by atoms with van der Waals surface area (Å²) in [5, 5.41) is 20.3. The average Bonchev–Trinajstić information content (AvgIpc) is 3.25. The maximum Gasteiger partial charge on any atom is 0.416 e. The number of aromatic hydroxyl groups is 1. The van der Waals surface area contributed by atoms with Gasteiger partial charge in [-0.05, 0) is 49.2 Å². The van der Waals surface area contributed by atoms with Crippen LogP contribution in [0.4, 0.5) is 29.3 Å². The maximum atomic E-state index is 12.9. The van der Waals surface area contributed by atoms with Gasteiger partial charge in [0.1, 0.15) is 5.75 Å². The van der Waals surface area contributed by atoms with Crippen molar-refractivity contribution in [1.29, 1.82) is 0 Å². The highest BCUT2D eigenvalue weighted by Crippen LogP contribution is 2.31. The van der Waals surface area contributed by atoms with E-state index in [4.69, 9.17) is 5.73 Å². The Morgan fingerprint density at radius 2 is 1.89 bits per heavy atom. The van der Waals surface area contributed by atoms with Crippen LogP contribution in [0.25, 0.3) is 0 Å². The molecule has 0 aromatic heterocycles. The van der Waals surface area contributed by atoms with Crippen molar-refractivity contribution < 1.29 is 32.7 Å². The van der Waals surface area contributed by atoms with Crippen molar-refractivity contribution in [3.05, 3.63) is 53.1 Å². The van der Waals surface area contributed by atoms with E-state index in [1.807, 2.05) is 0 Å². The van der Waals surface area contributed by atoms with Crippen LogP contribution >= 0.6 is 0 Å². The number of anilines is 2. The van der Waals surface area contributed by atoms with Crippen molar-refractivity contribution in [3.63, 3.8) is 0 Å². The van der Waals surface area contributed by atoms with Gasteiger partial charge in [0.25, 0.3) is 5.91 Å². The first-order valence-corrected chi connectivity index (χ1v) is 11.6. The van der Waals surface area contributed by atoms with E-state index in [-0.39, 0.29) is 28.7 Å². The third-order valence-corrected chi connectivity index (χ3v) is 5.72. The fraction of sp³-hybridized carbons (Fsp3) is 0.375. The number of phenols is 1. The van der Waals surface area contributed by atoms with Gasteiger partial charge in [0, 0.05) is 37.9 Å². The Labute approximate surface area is 211 Å². The van der Waals surface area contributed by atoms with Crippen LogP contribution in [0.15, 0.2) is 36.4 Å². The van der Waals surface area contributed by atoms with Crippen molar-refractivity contribution in [1.82, 2.24) is 20.9 Å². The molecule has 1 heterocycles. The van der Waals surface area contributed by atoms with Gasteiger partial charge in [-0.25, -0.2) is 4.79 Å². The second-order valence-electron chi connectivity index (χ2n) is 8.61. The zero-order chi connectivity index (χ0) is 27.2. The number of nitrogens with one attached hydrogen (secondary N) is 4. The van der Waals surface area contributed by atoms with E-state index >= 15 is 0 Å². The highest BCUT2D eigenvalue weighted by atomic mass is 19.4. The van der Waals surface area contributed by atoms with Gasteiger partial charge in [-0.15, -0.1) is 0 Å². The summed E-state index contributed by atoms with van der Waals surface area (Å²) in [6, 6.07) is 6.71. The molecule has 4 amide bonds. The molecule has 2 aromatic rings. The lowest BCUT2D eigenvalue weighted by atomic mass is 10.1. The third kappa shape index (κ3) is 7.74. The molecular weight excluding hydrogens is 493 g/mol. The van der Waals surface area contributed by atoms with Crippen LogP contribution in [0.1, 0.15) is 34.8 Å². The molecule has 1 fully saturated rings. The first kappa shape index (κ1) is 27.6. The topological polar surface area (TPSA) is 149 Å². The monoisotopic (exact) mass is 522 g/mol. The number of rotatable bonds is 8. The number of phenolic OH excluding ortho intramolecular Hbond substituents is 1. The van der Waals surface area contributed by atoms with Crippen molar-refractivity contribution in [2.45, 2.75) is 32.1 Å². The molecule has 3 rings (SSSR count). The van der Waals surface area contributed by atoms with E-state index in [9.17, 15) is 32.7 Å². The lowest BCUT2D eigenvalue weighted by molar-refractivity contribution is -0.137. The Bertz CT molecular complexity index is 1160. The summed E-state index contributed by atoms with van der Waals surface area (Å²) in [7, 11) is 0. The van der Waals surface area contributed by atoms with Gasteiger partial charge < -0.3 is 32.1 Å². The summed E-state index contributed by atoms with van der Waals surface area (Å²) < 4.78 is 38.8. The number of carbonyl (C=O) groups excluding carboxylic acids is 3. The Hall–Kier alpha value is -4.00. The first-order valence-electron chi connectivity index (χ1n) is 11.6. The molecule has 0 aliphatic carbocycles. The molecule has 7 N–H and O–H groups in total. The molecule has 1 aliphatic rings. The zero-order valence-electron chi connectivity index (χ0n) is 20.1. The fourth-order valence-corrected chi connectivity index (χ4v) is 3.92. The number of alkyl halides is 3. The highest BCUT2D eigenvalue weighted by Gasteiger charge is 2.31. The number of nitrogen functional groups attached to an aromatic ring is 1. The number of hydrogen-bond donors (Lipinski definition) is 6. The molecule has 1 atom stereocenters. The standard InChI is InChI=1S/C24H29F3N6O4/c1-2-29-23(37)32-19-9-14(3-6-20(19)34)12-33-8-7-16(13-33)31-21(35)11-30-22(36)17-10-15(24(25,26)27)4-5-18(17)28/h3-6,9-10,16,34H,2,7-8,11-13,28H2,1H3,(H,30,36)(H,31,35)(H2,29,32,37). The van der Waals surface area contributed by atoms with Gasteiger partial charge in [-0.1, -0.05) is 6.07 Å². The van der Waals surface area contributed by atoms with Crippen molar-refractivity contribution >= 4 is 29.2 Å². The molecule has 1 aliphatic heterocycles. The van der Waals surface area contributed by atoms with E-state index in [0.29, 0.717) is 38.7 Å². The Kier molecular flexibility index (Phi) is 8.81. The Morgan fingerprint density at radius 1 is 1.14 bits per heavy atom. The third-order valence-electron chi connectivity index (χ3n) is 5.72. The van der Waals surface area contributed by atoms with Gasteiger partial charge in [-0.2, -0.15) is 13.2 Å². The van der Waals surface area contributed by atoms with E-state index in [1.165, 1.54) is 6.07 Å². The van der Waals surface area contributed by atoms with E-state index in [1.54, 1.807) is 19.1 Å². The molecule has 0 saturated carbocycles. The lowest BCUT2D eigenvalue weighted by Gasteiger charge is -2.18. The summed E-state index contributed by atoms with van der Waals surface area (Å²) in [4.78, 5) is 38.5. The van der Waals surface area contributed by atoms with Gasteiger partial charge in [-0.3, -0.25) is 14.5 Å². The largest absolute Gasteiger partial charge is 0.506 e. The van der Waals surface area contributed by atoms with E-state index < -0.39 is 36.1 Å². The normalized spacial score (nSPS) is 15.7. The molecule has 0 radical (unpaired) electrons. The minimum absolute atomic E-state index is 0.0597. The molecule has 200 valence electrons. The summed E-state index contributed by atoms with van der Waals surface area (Å²) in [6.45, 7) is 3.52. The quantitative estimate of drug-likeness (QED) is 0.231. The number of likely N-dealkylation sites (tertiary alicyclic amines) is 1. The number of carbonyl (C=O) groups is 3. The van der Waals surface area contributed by atoms with Gasteiger partial charge >= 0.3 is 12.2 Å². The van der Waals surface area contributed by atoms with Crippen molar-refractivity contribution in [2.75, 3.05) is 37.2 Å². The van der Waals surface area contributed by atoms with Gasteiger partial charge in [0.05, 0.1) is 23.4 Å². The fourth-order valence-electron chi connectivity index (χ4n) is 3.92. The Balaban J connectivity index is 1.49. The van der Waals surface area contributed by atoms with E-state index in [0.717, 1.165) is 17.7 Å². The minimum Gasteiger partial charge on any atom is -0.506 e.